The van der Waals surface area contributed by atoms with E-state index in [1.807, 2.05) is 0 Å². The molecule has 2 aromatic heterocycles. The zero-order valence-electron chi connectivity index (χ0n) is 33.8. The van der Waals surface area contributed by atoms with Crippen molar-refractivity contribution in [3.05, 3.63) is 204 Å². The van der Waals surface area contributed by atoms with Crippen molar-refractivity contribution in [2.45, 2.75) is 52.4 Å². The lowest BCUT2D eigenvalue weighted by molar-refractivity contribution is 0.544. The number of hydrogen-bond acceptors (Lipinski definition) is 0. The van der Waals surface area contributed by atoms with Gasteiger partial charge in [-0.15, -0.1) is 0 Å². The molecule has 0 spiro atoms. The third-order valence-corrected chi connectivity index (χ3v) is 12.6. The molecule has 10 aromatic rings. The Morgan fingerprint density at radius 3 is 1.21 bits per heavy atom. The summed E-state index contributed by atoms with van der Waals surface area (Å²) in [7, 11) is 0. The molecule has 0 fully saturated rings. The Hall–Kier alpha value is -6.64. The van der Waals surface area contributed by atoms with Gasteiger partial charge in [0.1, 0.15) is 0 Å². The summed E-state index contributed by atoms with van der Waals surface area (Å²) < 4.78 is 4.78. The van der Waals surface area contributed by atoms with Crippen LogP contribution in [-0.4, -0.2) is 9.13 Å². The van der Waals surface area contributed by atoms with Crippen molar-refractivity contribution in [3.8, 4) is 33.6 Å². The van der Waals surface area contributed by atoms with Crippen molar-refractivity contribution in [1.29, 1.82) is 0 Å². The maximum atomic E-state index is 2.40. The second kappa shape index (κ2) is 14.7. The number of rotatable bonds is 9. The van der Waals surface area contributed by atoms with Gasteiger partial charge >= 0.3 is 0 Å². The molecule has 0 aliphatic carbocycles. The van der Waals surface area contributed by atoms with Gasteiger partial charge in [-0.1, -0.05) is 146 Å². The van der Waals surface area contributed by atoms with Crippen molar-refractivity contribution in [2.24, 2.45) is 0 Å². The fourth-order valence-corrected chi connectivity index (χ4v) is 9.39. The summed E-state index contributed by atoms with van der Waals surface area (Å²) >= 11 is 0. The van der Waals surface area contributed by atoms with Crippen LogP contribution >= 0.6 is 0 Å². The number of para-hydroxylation sites is 2. The van der Waals surface area contributed by atoms with E-state index in [2.05, 4.69) is 219 Å². The average Bonchev–Trinajstić information content (AvgIpc) is 3.78. The molecular formula is C56H48N2. The van der Waals surface area contributed by atoms with Gasteiger partial charge in [-0.05, 0) is 133 Å². The van der Waals surface area contributed by atoms with E-state index in [0.29, 0.717) is 11.8 Å². The largest absolute Gasteiger partial charge is 0.309 e. The molecule has 282 valence electrons. The number of hydrogen-bond donors (Lipinski definition) is 0. The second-order valence-corrected chi connectivity index (χ2v) is 16.3. The number of aromatic nitrogens is 2. The van der Waals surface area contributed by atoms with E-state index < -0.39 is 0 Å². The lowest BCUT2D eigenvalue weighted by Crippen LogP contribution is -2.04. The minimum atomic E-state index is 0.456. The Morgan fingerprint density at radius 2 is 0.776 bits per heavy atom. The summed E-state index contributed by atoms with van der Waals surface area (Å²) in [6, 6.07) is 67.7. The Balaban J connectivity index is 0.831. The SMILES string of the molecule is CCC(CC(C)c1ccc(-c2ccc(-n3c4ccccc4c4ccccc43)cc2)cc1)c1ccc(-c2ccc(-n3c4ccc(C)cc4c4cc(C)ccc43)cc2)cc1. The molecular weight excluding hydrogens is 701 g/mol. The van der Waals surface area contributed by atoms with Crippen molar-refractivity contribution >= 4 is 43.6 Å². The van der Waals surface area contributed by atoms with Crippen LogP contribution in [0.5, 0.6) is 0 Å². The van der Waals surface area contributed by atoms with Crippen LogP contribution in [0.3, 0.4) is 0 Å². The van der Waals surface area contributed by atoms with Gasteiger partial charge in [0.2, 0.25) is 0 Å². The molecule has 0 amide bonds. The van der Waals surface area contributed by atoms with Gasteiger partial charge in [0.05, 0.1) is 22.1 Å². The first-order valence-electron chi connectivity index (χ1n) is 20.8. The van der Waals surface area contributed by atoms with E-state index in [1.165, 1.54) is 99.5 Å². The Bertz CT molecular complexity index is 2960. The van der Waals surface area contributed by atoms with Crippen LogP contribution in [-0.2, 0) is 0 Å². The van der Waals surface area contributed by atoms with Gasteiger partial charge in [0.15, 0.2) is 0 Å². The predicted octanol–water partition coefficient (Wildman–Crippen LogP) is 15.5. The fourth-order valence-electron chi connectivity index (χ4n) is 9.39. The van der Waals surface area contributed by atoms with Gasteiger partial charge in [-0.2, -0.15) is 0 Å². The highest BCUT2D eigenvalue weighted by molar-refractivity contribution is 6.10. The molecule has 0 N–H and O–H groups in total. The minimum Gasteiger partial charge on any atom is -0.309 e. The molecule has 0 saturated heterocycles. The normalized spacial score (nSPS) is 12.8. The molecule has 10 rings (SSSR count). The van der Waals surface area contributed by atoms with Gasteiger partial charge in [-0.3, -0.25) is 0 Å². The topological polar surface area (TPSA) is 9.86 Å². The fraction of sp³-hybridized carbons (Fsp3) is 0.143. The van der Waals surface area contributed by atoms with E-state index in [9.17, 15) is 0 Å². The van der Waals surface area contributed by atoms with E-state index in [0.717, 1.165) is 12.8 Å². The summed E-state index contributed by atoms with van der Waals surface area (Å²) in [6.45, 7) is 9.06. The van der Waals surface area contributed by atoms with Crippen molar-refractivity contribution < 1.29 is 0 Å². The summed E-state index contributed by atoms with van der Waals surface area (Å²) in [5.74, 6) is 0.958. The predicted molar refractivity (Wildman–Crippen MR) is 248 cm³/mol. The molecule has 0 radical (unpaired) electrons. The number of aryl methyl sites for hydroxylation is 2. The average molecular weight is 749 g/mol. The lowest BCUT2D eigenvalue weighted by atomic mass is 9.84. The van der Waals surface area contributed by atoms with Crippen LogP contribution in [0.15, 0.2) is 182 Å². The zero-order valence-corrected chi connectivity index (χ0v) is 33.8. The first-order chi connectivity index (χ1) is 28.4. The highest BCUT2D eigenvalue weighted by Crippen LogP contribution is 2.37. The van der Waals surface area contributed by atoms with Crippen LogP contribution in [0.4, 0.5) is 0 Å². The van der Waals surface area contributed by atoms with Gasteiger partial charge in [-0.25, -0.2) is 0 Å². The Labute approximate surface area is 341 Å². The molecule has 2 nitrogen and oxygen atoms in total. The third-order valence-electron chi connectivity index (χ3n) is 12.6. The molecule has 0 bridgehead atoms. The van der Waals surface area contributed by atoms with Crippen molar-refractivity contribution in [2.75, 3.05) is 0 Å². The van der Waals surface area contributed by atoms with Gasteiger partial charge in [0.25, 0.3) is 0 Å². The zero-order chi connectivity index (χ0) is 39.3. The summed E-state index contributed by atoms with van der Waals surface area (Å²) in [6.07, 6.45) is 2.24. The third kappa shape index (κ3) is 6.30. The van der Waals surface area contributed by atoms with Gasteiger partial charge < -0.3 is 9.13 Å². The number of benzene rings is 8. The second-order valence-electron chi connectivity index (χ2n) is 16.3. The van der Waals surface area contributed by atoms with Crippen LogP contribution in [0, 0.1) is 13.8 Å². The van der Waals surface area contributed by atoms with E-state index in [4.69, 9.17) is 0 Å². The maximum Gasteiger partial charge on any atom is 0.0541 e. The molecule has 2 atom stereocenters. The molecule has 0 saturated carbocycles. The molecule has 2 heterocycles. The Kier molecular flexibility index (Phi) is 9.06. The van der Waals surface area contributed by atoms with Crippen molar-refractivity contribution in [1.82, 2.24) is 9.13 Å². The highest BCUT2D eigenvalue weighted by Gasteiger charge is 2.17. The molecule has 0 aliphatic heterocycles. The number of nitrogens with zero attached hydrogens (tertiary/aromatic N) is 2. The maximum absolute atomic E-state index is 2.40. The van der Waals surface area contributed by atoms with Crippen LogP contribution in [0.1, 0.15) is 60.8 Å². The molecule has 8 aromatic carbocycles. The van der Waals surface area contributed by atoms with Gasteiger partial charge in [0, 0.05) is 32.9 Å². The minimum absolute atomic E-state index is 0.456. The van der Waals surface area contributed by atoms with Crippen molar-refractivity contribution in [3.63, 3.8) is 0 Å². The van der Waals surface area contributed by atoms with Crippen LogP contribution in [0.2, 0.25) is 0 Å². The van der Waals surface area contributed by atoms with E-state index >= 15 is 0 Å². The van der Waals surface area contributed by atoms with Crippen LogP contribution in [0.25, 0.3) is 77.2 Å². The molecule has 2 unspecified atom stereocenters. The monoisotopic (exact) mass is 748 g/mol. The molecule has 0 aliphatic rings. The quantitative estimate of drug-likeness (QED) is 0.139. The van der Waals surface area contributed by atoms with E-state index in [1.54, 1.807) is 0 Å². The first kappa shape index (κ1) is 35.8. The highest BCUT2D eigenvalue weighted by atomic mass is 15.0. The standard InChI is InChI=1S/C56H48N2/c1-5-40(42-20-22-44(23-21-42)46-26-30-48(31-27-46)58-55-32-14-37(2)34-51(55)52-35-38(3)15-33-56(52)58)36-39(4)41-16-18-43(19-17-41)45-24-28-47(29-25-45)57-53-12-8-6-10-49(53)50-11-7-9-13-54(50)57/h6-35,39-40H,5,36H2,1-4H3. The van der Waals surface area contributed by atoms with E-state index in [-0.39, 0.29) is 0 Å². The first-order valence-corrected chi connectivity index (χ1v) is 20.8. The number of fused-ring (bicyclic) bond motifs is 6. The molecule has 58 heavy (non-hydrogen) atoms. The Morgan fingerprint density at radius 1 is 0.397 bits per heavy atom. The summed E-state index contributed by atoms with van der Waals surface area (Å²) in [4.78, 5) is 0. The van der Waals surface area contributed by atoms with Crippen LogP contribution < -0.4 is 0 Å². The summed E-state index contributed by atoms with van der Waals surface area (Å²) in [5.41, 5.74) is 17.7. The lowest BCUT2D eigenvalue weighted by Gasteiger charge is -2.21. The molecule has 2 heteroatoms. The smallest absolute Gasteiger partial charge is 0.0541 e. The summed E-state index contributed by atoms with van der Waals surface area (Å²) in [5, 5.41) is 5.20.